The molecule has 0 aliphatic carbocycles. The molecule has 6 N–H and O–H groups in total. The zero-order valence-corrected chi connectivity index (χ0v) is 6.69. The van der Waals surface area contributed by atoms with E-state index in [0.717, 1.165) is 0 Å². The minimum absolute atomic E-state index is 0. The summed E-state index contributed by atoms with van der Waals surface area (Å²) in [5.74, 6) is -4.37. The number of carbonyl (C=O) groups excluding carboxylic acids is 2. The molecule has 0 rings (SSSR count). The van der Waals surface area contributed by atoms with Crippen LogP contribution in [-0.2, 0) is 32.0 Å². The van der Waals surface area contributed by atoms with Gasteiger partial charge in [-0.15, -0.1) is 0 Å². The van der Waals surface area contributed by atoms with E-state index in [1.165, 1.54) is 0 Å². The fourth-order valence-electron chi connectivity index (χ4n) is 0. The molecule has 0 aromatic rings. The summed E-state index contributed by atoms with van der Waals surface area (Å²) in [6, 6.07) is 0. The summed E-state index contributed by atoms with van der Waals surface area (Å²) in [6.07, 6.45) is 0. The molecule has 0 unspecified atom stereocenters. The van der Waals surface area contributed by atoms with Gasteiger partial charge in [0.2, 0.25) is 0 Å². The van der Waals surface area contributed by atoms with Crippen LogP contribution in [0.4, 0.5) is 0 Å². The van der Waals surface area contributed by atoms with Crippen molar-refractivity contribution in [3.8, 4) is 0 Å². The predicted molar refractivity (Wildman–Crippen MR) is 20.1 cm³/mol. The molecule has 0 amide bonds. The summed E-state index contributed by atoms with van der Waals surface area (Å²) in [7, 11) is 0. The first-order valence-corrected chi connectivity index (χ1v) is 1.07. The van der Waals surface area contributed by atoms with Gasteiger partial charge >= 0.3 is 22.4 Å². The number of rotatable bonds is 0. The molecular weight excluding hydrogens is 209 g/mol. The van der Waals surface area contributed by atoms with Gasteiger partial charge in [0, 0.05) is 0 Å². The maximum Gasteiger partial charge on any atom is 5.00 e. The monoisotopic (exact) mass is 215 g/mol. The molecule has 0 aromatic carbocycles. The largest absolute Gasteiger partial charge is 5.00 e. The van der Waals surface area contributed by atoms with Crippen molar-refractivity contribution in [3.05, 3.63) is 0 Å². The summed E-state index contributed by atoms with van der Waals surface area (Å²) in [6.45, 7) is 0. The Bertz CT molecular complexity index is 82.6. The van der Waals surface area contributed by atoms with E-state index in [2.05, 4.69) is 0 Å². The Labute approximate surface area is 66.9 Å². The molecule has 0 saturated heterocycles. The van der Waals surface area contributed by atoms with E-state index < -0.39 is 11.9 Å². The van der Waals surface area contributed by atoms with Crippen LogP contribution < -0.4 is 22.5 Å². The van der Waals surface area contributed by atoms with Gasteiger partial charge in [0.05, 0.1) is 11.9 Å². The van der Waals surface area contributed by atoms with E-state index >= 15 is 0 Å². The summed E-state index contributed by atoms with van der Waals surface area (Å²) in [4.78, 5) is 17.9. The third kappa shape index (κ3) is 18.4. The first kappa shape index (κ1) is 23.5. The van der Waals surface area contributed by atoms with Crippen LogP contribution in [0.1, 0.15) is 0 Å². The average Bonchev–Trinajstić information content (AvgIpc) is 1.36. The van der Waals surface area contributed by atoms with Crippen molar-refractivity contribution in [2.45, 2.75) is 0 Å². The Morgan fingerprint density at radius 2 is 1.00 bits per heavy atom. The van der Waals surface area contributed by atoms with Crippen molar-refractivity contribution in [2.24, 2.45) is 0 Å². The molecule has 0 atom stereocenters. The fourth-order valence-corrected chi connectivity index (χ4v) is 0. The normalized spacial score (nSPS) is 4.89. The van der Waals surface area contributed by atoms with Crippen molar-refractivity contribution in [2.75, 3.05) is 0 Å². The predicted octanol–water partition coefficient (Wildman–Crippen LogP) is -3.19. The Kier molecular flexibility index (Phi) is 27.5. The summed E-state index contributed by atoms with van der Waals surface area (Å²) in [5.41, 5.74) is 0. The smallest absolute Gasteiger partial charge is 0.543 e. The van der Waals surface area contributed by atoms with Crippen LogP contribution in [0.15, 0.2) is 0 Å². The van der Waals surface area contributed by atoms with Crippen LogP contribution in [0.25, 0.3) is 0 Å². The van der Waals surface area contributed by atoms with Crippen LogP contribution in [0.5, 0.6) is 0 Å². The maximum atomic E-state index is 8.93. The Morgan fingerprint density at radius 3 is 1.00 bits per heavy atom. The van der Waals surface area contributed by atoms with Gasteiger partial charge in [-0.05, 0) is 0 Å². The summed E-state index contributed by atoms with van der Waals surface area (Å²) < 4.78 is 0. The average molecular weight is 215 g/mol. The molecular formula is C2H6N2NbO4+3. The molecule has 50 valence electrons. The van der Waals surface area contributed by atoms with Gasteiger partial charge in [0.1, 0.15) is 0 Å². The Morgan fingerprint density at radius 1 is 0.889 bits per heavy atom. The van der Waals surface area contributed by atoms with Crippen LogP contribution in [0.3, 0.4) is 0 Å². The van der Waals surface area contributed by atoms with E-state index in [1.54, 1.807) is 0 Å². The van der Waals surface area contributed by atoms with Crippen molar-refractivity contribution in [1.82, 2.24) is 12.3 Å². The number of hydrogen-bond acceptors (Lipinski definition) is 6. The van der Waals surface area contributed by atoms with Gasteiger partial charge in [-0.3, -0.25) is 0 Å². The minimum Gasteiger partial charge on any atom is -0.543 e. The summed E-state index contributed by atoms with van der Waals surface area (Å²) >= 11 is 0. The number of aliphatic carboxylic acids is 2. The molecule has 0 aromatic heterocycles. The van der Waals surface area contributed by atoms with Gasteiger partial charge in [-0.1, -0.05) is 0 Å². The van der Waals surface area contributed by atoms with Crippen LogP contribution in [-0.4, -0.2) is 11.9 Å². The number of carboxylic acids is 2. The molecule has 0 spiro atoms. The molecule has 0 fully saturated rings. The molecule has 6 nitrogen and oxygen atoms in total. The topological polar surface area (TPSA) is 150 Å². The first-order chi connectivity index (χ1) is 2.64. The molecule has 0 bridgehead atoms. The van der Waals surface area contributed by atoms with E-state index in [9.17, 15) is 0 Å². The summed E-state index contributed by atoms with van der Waals surface area (Å²) in [5, 5.41) is 17.9. The van der Waals surface area contributed by atoms with Gasteiger partial charge in [-0.25, -0.2) is 0 Å². The van der Waals surface area contributed by atoms with Crippen LogP contribution >= 0.6 is 0 Å². The van der Waals surface area contributed by atoms with Gasteiger partial charge in [0.25, 0.3) is 0 Å². The molecule has 0 radical (unpaired) electrons. The van der Waals surface area contributed by atoms with Crippen LogP contribution in [0.2, 0.25) is 0 Å². The third-order valence-corrected chi connectivity index (χ3v) is 0.167. The van der Waals surface area contributed by atoms with E-state index in [1.807, 2.05) is 0 Å². The standard InChI is InChI=1S/C2H2O4.2H3N.Nb/c3-1(4)2(5)6;;;/h(H,3,4)(H,5,6);2*1H3;/q;;;+5/p-2. The van der Waals surface area contributed by atoms with Crippen molar-refractivity contribution >= 4 is 11.9 Å². The van der Waals surface area contributed by atoms with E-state index in [4.69, 9.17) is 19.8 Å². The van der Waals surface area contributed by atoms with E-state index in [-0.39, 0.29) is 34.7 Å². The second-order valence-corrected chi connectivity index (χ2v) is 0.575. The molecule has 7 heteroatoms. The minimum atomic E-state index is -2.19. The van der Waals surface area contributed by atoms with Crippen LogP contribution in [0, 0.1) is 0 Å². The quantitative estimate of drug-likeness (QED) is 0.321. The van der Waals surface area contributed by atoms with Crippen molar-refractivity contribution in [1.29, 1.82) is 0 Å². The fraction of sp³-hybridized carbons (Fsp3) is 0. The third-order valence-electron chi connectivity index (χ3n) is 0.167. The number of hydrogen-bond donors (Lipinski definition) is 2. The zero-order chi connectivity index (χ0) is 5.15. The Hall–Kier alpha value is -0.400. The molecule has 0 aliphatic heterocycles. The van der Waals surface area contributed by atoms with Crippen molar-refractivity contribution in [3.63, 3.8) is 0 Å². The second kappa shape index (κ2) is 10.6. The molecule has 0 heterocycles. The maximum absolute atomic E-state index is 8.93. The SMILES string of the molecule is N.N.O=C([O-])C(=O)[O-].[Nb+5]. The number of carboxylic acid groups (broad SMARTS) is 2. The molecule has 9 heavy (non-hydrogen) atoms. The van der Waals surface area contributed by atoms with Crippen molar-refractivity contribution < 1.29 is 42.2 Å². The molecule has 0 aliphatic rings. The van der Waals surface area contributed by atoms with Gasteiger partial charge < -0.3 is 32.1 Å². The number of carbonyl (C=O) groups is 2. The molecule has 0 saturated carbocycles. The van der Waals surface area contributed by atoms with Gasteiger partial charge in [0.15, 0.2) is 0 Å². The Balaban J connectivity index is -0.0000000417. The van der Waals surface area contributed by atoms with E-state index in [0.29, 0.717) is 0 Å². The van der Waals surface area contributed by atoms with Gasteiger partial charge in [-0.2, -0.15) is 0 Å². The zero-order valence-electron chi connectivity index (χ0n) is 4.49. The second-order valence-electron chi connectivity index (χ2n) is 0.575. The first-order valence-electron chi connectivity index (χ1n) is 1.07.